The fraction of sp³-hybridized carbons (Fsp3) is 0.615. The molecule has 0 bridgehead atoms. The minimum Gasteiger partial charge on any atom is -0.388 e. The first-order valence-electron chi connectivity index (χ1n) is 6.73. The Kier molecular flexibility index (Phi) is 4.66. The van der Waals surface area contributed by atoms with E-state index in [1.807, 2.05) is 13.0 Å². The molecule has 0 aliphatic carbocycles. The minimum atomic E-state index is 0.330. The Labute approximate surface area is 119 Å². The van der Waals surface area contributed by atoms with Crippen LogP contribution in [0.2, 0.25) is 0 Å². The van der Waals surface area contributed by atoms with Crippen molar-refractivity contribution in [2.45, 2.75) is 20.3 Å². The zero-order chi connectivity index (χ0) is 13.8. The molecule has 2 heterocycles. The number of aryl methyl sites for hydroxylation is 1. The molecule has 0 saturated carbocycles. The Morgan fingerprint density at radius 1 is 1.32 bits per heavy atom. The van der Waals surface area contributed by atoms with Crippen molar-refractivity contribution in [3.05, 3.63) is 17.5 Å². The highest BCUT2D eigenvalue weighted by Crippen LogP contribution is 2.13. The Hall–Kier alpha value is -1.27. The predicted molar refractivity (Wildman–Crippen MR) is 81.6 cm³/mol. The molecule has 2 rings (SSSR count). The van der Waals surface area contributed by atoms with Crippen LogP contribution in [0.15, 0.2) is 6.07 Å². The molecule has 1 fully saturated rings. The molecular weight excluding hydrogens is 258 g/mol. The van der Waals surface area contributed by atoms with Crippen molar-refractivity contribution in [2.24, 2.45) is 5.73 Å². The van der Waals surface area contributed by atoms with E-state index in [1.165, 1.54) is 13.0 Å². The normalized spacial score (nSPS) is 16.6. The van der Waals surface area contributed by atoms with Gasteiger partial charge >= 0.3 is 0 Å². The van der Waals surface area contributed by atoms with Gasteiger partial charge in [0.05, 0.1) is 0 Å². The molecule has 6 heteroatoms. The number of nitrogens with zero attached hydrogens (tertiary/aromatic N) is 4. The van der Waals surface area contributed by atoms with E-state index in [4.69, 9.17) is 18.0 Å². The zero-order valence-corrected chi connectivity index (χ0v) is 12.4. The third-order valence-corrected chi connectivity index (χ3v) is 3.50. The topological polar surface area (TPSA) is 58.3 Å². The fourth-order valence-corrected chi connectivity index (χ4v) is 2.41. The van der Waals surface area contributed by atoms with Crippen LogP contribution in [0.3, 0.4) is 0 Å². The summed E-state index contributed by atoms with van der Waals surface area (Å²) in [7, 11) is 0. The van der Waals surface area contributed by atoms with Crippen LogP contribution < -0.4 is 10.6 Å². The van der Waals surface area contributed by atoms with Crippen LogP contribution in [-0.4, -0.2) is 52.6 Å². The SMILES string of the molecule is CCCN1CCN(c2nc(C)cc(C(N)=S)n2)CC1. The van der Waals surface area contributed by atoms with Crippen LogP contribution in [0.25, 0.3) is 0 Å². The van der Waals surface area contributed by atoms with Gasteiger partial charge in [-0.05, 0) is 26.0 Å². The number of thiocarbonyl (C=S) groups is 1. The van der Waals surface area contributed by atoms with Gasteiger partial charge < -0.3 is 10.6 Å². The van der Waals surface area contributed by atoms with E-state index >= 15 is 0 Å². The van der Waals surface area contributed by atoms with Crippen molar-refractivity contribution in [1.82, 2.24) is 14.9 Å². The summed E-state index contributed by atoms with van der Waals surface area (Å²) < 4.78 is 0. The van der Waals surface area contributed by atoms with Gasteiger partial charge in [-0.15, -0.1) is 0 Å². The largest absolute Gasteiger partial charge is 0.388 e. The van der Waals surface area contributed by atoms with Crippen LogP contribution in [0, 0.1) is 6.92 Å². The highest BCUT2D eigenvalue weighted by molar-refractivity contribution is 7.80. The van der Waals surface area contributed by atoms with Crippen LogP contribution in [-0.2, 0) is 0 Å². The molecule has 1 saturated heterocycles. The molecule has 2 N–H and O–H groups in total. The standard InChI is InChI=1S/C13H21N5S/c1-3-4-17-5-7-18(8-6-17)13-15-10(2)9-11(16-13)12(14)19/h9H,3-8H2,1-2H3,(H2,14,19). The zero-order valence-electron chi connectivity index (χ0n) is 11.6. The number of piperazine rings is 1. The second kappa shape index (κ2) is 6.25. The average molecular weight is 279 g/mol. The number of rotatable bonds is 4. The lowest BCUT2D eigenvalue weighted by Crippen LogP contribution is -2.47. The van der Waals surface area contributed by atoms with E-state index in [9.17, 15) is 0 Å². The summed E-state index contributed by atoms with van der Waals surface area (Å²) in [4.78, 5) is 14.0. The van der Waals surface area contributed by atoms with Crippen LogP contribution in [0.5, 0.6) is 0 Å². The van der Waals surface area contributed by atoms with Gasteiger partial charge in [-0.1, -0.05) is 19.1 Å². The molecule has 0 radical (unpaired) electrons. The molecule has 0 amide bonds. The molecule has 1 aromatic rings. The van der Waals surface area contributed by atoms with E-state index in [-0.39, 0.29) is 0 Å². The van der Waals surface area contributed by atoms with Gasteiger partial charge in [0, 0.05) is 31.9 Å². The lowest BCUT2D eigenvalue weighted by molar-refractivity contribution is 0.257. The lowest BCUT2D eigenvalue weighted by Gasteiger charge is -2.34. The van der Waals surface area contributed by atoms with Crippen molar-refractivity contribution >= 4 is 23.2 Å². The molecule has 0 atom stereocenters. The van der Waals surface area contributed by atoms with E-state index < -0.39 is 0 Å². The molecule has 0 aromatic carbocycles. The Morgan fingerprint density at radius 2 is 2.00 bits per heavy atom. The molecule has 1 aromatic heterocycles. The first-order valence-corrected chi connectivity index (χ1v) is 7.13. The Bertz CT molecular complexity index is 454. The van der Waals surface area contributed by atoms with E-state index in [0.29, 0.717) is 10.7 Å². The second-order valence-corrected chi connectivity index (χ2v) is 5.33. The molecule has 5 nitrogen and oxygen atoms in total. The number of hydrogen-bond acceptors (Lipinski definition) is 5. The highest BCUT2D eigenvalue weighted by Gasteiger charge is 2.19. The fourth-order valence-electron chi connectivity index (χ4n) is 2.31. The first kappa shape index (κ1) is 14.1. The molecule has 0 spiro atoms. The summed E-state index contributed by atoms with van der Waals surface area (Å²) >= 11 is 5.00. The maximum absolute atomic E-state index is 5.66. The highest BCUT2D eigenvalue weighted by atomic mass is 32.1. The van der Waals surface area contributed by atoms with E-state index in [2.05, 4.69) is 26.7 Å². The van der Waals surface area contributed by atoms with Crippen molar-refractivity contribution in [3.8, 4) is 0 Å². The molecule has 0 unspecified atom stereocenters. The third kappa shape index (κ3) is 3.61. The molecule has 104 valence electrons. The summed E-state index contributed by atoms with van der Waals surface area (Å²) in [6.07, 6.45) is 1.20. The van der Waals surface area contributed by atoms with Gasteiger partial charge in [0.1, 0.15) is 10.7 Å². The van der Waals surface area contributed by atoms with Crippen molar-refractivity contribution in [2.75, 3.05) is 37.6 Å². The van der Waals surface area contributed by atoms with Gasteiger partial charge in [0.2, 0.25) is 5.95 Å². The Morgan fingerprint density at radius 3 is 2.58 bits per heavy atom. The van der Waals surface area contributed by atoms with Gasteiger partial charge in [0.25, 0.3) is 0 Å². The summed E-state index contributed by atoms with van der Waals surface area (Å²) in [5, 5.41) is 0. The average Bonchev–Trinajstić information content (AvgIpc) is 2.39. The minimum absolute atomic E-state index is 0.330. The smallest absolute Gasteiger partial charge is 0.226 e. The quantitative estimate of drug-likeness (QED) is 0.828. The van der Waals surface area contributed by atoms with E-state index in [0.717, 1.165) is 37.8 Å². The number of nitrogens with two attached hydrogens (primary N) is 1. The number of aromatic nitrogens is 2. The van der Waals surface area contributed by atoms with Crippen molar-refractivity contribution in [3.63, 3.8) is 0 Å². The van der Waals surface area contributed by atoms with Gasteiger partial charge in [0.15, 0.2) is 0 Å². The predicted octanol–water partition coefficient (Wildman–Crippen LogP) is 0.951. The maximum atomic E-state index is 5.66. The second-order valence-electron chi connectivity index (χ2n) is 4.89. The van der Waals surface area contributed by atoms with Gasteiger partial charge in [-0.2, -0.15) is 0 Å². The summed E-state index contributed by atoms with van der Waals surface area (Å²) in [5.74, 6) is 0.749. The molecular formula is C13H21N5S. The lowest BCUT2D eigenvalue weighted by atomic mass is 10.3. The van der Waals surface area contributed by atoms with E-state index in [1.54, 1.807) is 0 Å². The van der Waals surface area contributed by atoms with Crippen LogP contribution in [0.1, 0.15) is 24.7 Å². The molecule has 1 aliphatic rings. The van der Waals surface area contributed by atoms with Crippen LogP contribution in [0.4, 0.5) is 5.95 Å². The van der Waals surface area contributed by atoms with Gasteiger partial charge in [-0.3, -0.25) is 4.90 Å². The number of hydrogen-bond donors (Lipinski definition) is 1. The third-order valence-electron chi connectivity index (χ3n) is 3.29. The van der Waals surface area contributed by atoms with Crippen molar-refractivity contribution in [1.29, 1.82) is 0 Å². The first-order chi connectivity index (χ1) is 9.10. The van der Waals surface area contributed by atoms with Crippen LogP contribution >= 0.6 is 12.2 Å². The monoisotopic (exact) mass is 279 g/mol. The maximum Gasteiger partial charge on any atom is 0.226 e. The number of anilines is 1. The van der Waals surface area contributed by atoms with Crippen molar-refractivity contribution < 1.29 is 0 Å². The molecule has 1 aliphatic heterocycles. The summed E-state index contributed by atoms with van der Waals surface area (Å²) in [6, 6.07) is 1.83. The van der Waals surface area contributed by atoms with Gasteiger partial charge in [-0.25, -0.2) is 9.97 Å². The molecule has 19 heavy (non-hydrogen) atoms. The summed E-state index contributed by atoms with van der Waals surface area (Å²) in [5.41, 5.74) is 7.22. The summed E-state index contributed by atoms with van der Waals surface area (Å²) in [6.45, 7) is 9.37. The Balaban J connectivity index is 2.09.